The molecule has 10 heteroatoms. The van der Waals surface area contributed by atoms with Crippen molar-refractivity contribution in [2.24, 2.45) is 13.0 Å². The van der Waals surface area contributed by atoms with Crippen LogP contribution in [0.4, 0.5) is 5.13 Å². The van der Waals surface area contributed by atoms with Crippen LogP contribution in [0.15, 0.2) is 17.3 Å². The zero-order valence-corrected chi connectivity index (χ0v) is 14.4. The molecule has 9 nitrogen and oxygen atoms in total. The second-order valence-electron chi connectivity index (χ2n) is 5.83. The molecule has 1 N–H and O–H groups in total. The molecular formula is C14H17N7O2S. The average Bonchev–Trinajstić information content (AvgIpc) is 3.09. The van der Waals surface area contributed by atoms with Crippen molar-refractivity contribution in [3.05, 3.63) is 27.9 Å². The molecule has 0 saturated carbocycles. The molecule has 0 fully saturated rings. The quantitative estimate of drug-likeness (QED) is 0.732. The summed E-state index contributed by atoms with van der Waals surface area (Å²) in [7, 11) is 1.70. The van der Waals surface area contributed by atoms with Gasteiger partial charge in [-0.25, -0.2) is 4.98 Å². The van der Waals surface area contributed by atoms with Gasteiger partial charge in [-0.2, -0.15) is 5.10 Å². The molecule has 126 valence electrons. The number of amides is 1. The van der Waals surface area contributed by atoms with Crippen LogP contribution in [-0.2, 0) is 24.8 Å². The van der Waals surface area contributed by atoms with Gasteiger partial charge in [-0.15, -0.1) is 10.2 Å². The molecule has 0 aliphatic heterocycles. The molecule has 3 rings (SSSR count). The van der Waals surface area contributed by atoms with E-state index in [2.05, 4.69) is 39.4 Å². The number of carbonyl (C=O) groups is 1. The smallest absolute Gasteiger partial charge is 0.264 e. The van der Waals surface area contributed by atoms with E-state index in [1.165, 1.54) is 33.1 Å². The molecule has 0 bridgehead atoms. The van der Waals surface area contributed by atoms with Gasteiger partial charge in [-0.05, 0) is 5.92 Å². The fourth-order valence-electron chi connectivity index (χ4n) is 2.23. The van der Waals surface area contributed by atoms with Crippen LogP contribution in [0.3, 0.4) is 0 Å². The molecule has 0 aliphatic carbocycles. The molecular weight excluding hydrogens is 330 g/mol. The van der Waals surface area contributed by atoms with Gasteiger partial charge >= 0.3 is 0 Å². The highest BCUT2D eigenvalue weighted by Crippen LogP contribution is 2.18. The number of aromatic nitrogens is 6. The minimum absolute atomic E-state index is 0.143. The summed E-state index contributed by atoms with van der Waals surface area (Å²) in [6, 6.07) is 0. The fourth-order valence-corrected chi connectivity index (χ4v) is 3.20. The van der Waals surface area contributed by atoms with E-state index in [9.17, 15) is 9.59 Å². The zero-order valence-electron chi connectivity index (χ0n) is 13.6. The summed E-state index contributed by atoms with van der Waals surface area (Å²) >= 11 is 1.34. The van der Waals surface area contributed by atoms with Crippen molar-refractivity contribution in [2.75, 3.05) is 5.32 Å². The molecule has 0 aromatic carbocycles. The third kappa shape index (κ3) is 3.32. The van der Waals surface area contributed by atoms with E-state index >= 15 is 0 Å². The van der Waals surface area contributed by atoms with Crippen molar-refractivity contribution in [1.82, 2.24) is 29.5 Å². The van der Waals surface area contributed by atoms with Gasteiger partial charge in [0.05, 0.1) is 6.20 Å². The molecule has 0 aliphatic rings. The van der Waals surface area contributed by atoms with E-state index in [4.69, 9.17) is 0 Å². The Bertz CT molecular complexity index is 940. The Morgan fingerprint density at radius 3 is 2.92 bits per heavy atom. The lowest BCUT2D eigenvalue weighted by Gasteiger charge is -2.04. The van der Waals surface area contributed by atoms with Gasteiger partial charge in [0.1, 0.15) is 23.3 Å². The summed E-state index contributed by atoms with van der Waals surface area (Å²) in [4.78, 5) is 28.6. The Hall–Kier alpha value is -2.62. The average molecular weight is 347 g/mol. The van der Waals surface area contributed by atoms with Crippen molar-refractivity contribution in [3.63, 3.8) is 0 Å². The highest BCUT2D eigenvalue weighted by atomic mass is 32.1. The van der Waals surface area contributed by atoms with E-state index in [0.29, 0.717) is 22.1 Å². The molecule has 3 aromatic heterocycles. The Morgan fingerprint density at radius 2 is 2.17 bits per heavy atom. The van der Waals surface area contributed by atoms with Crippen molar-refractivity contribution in [1.29, 1.82) is 0 Å². The first kappa shape index (κ1) is 16.2. The van der Waals surface area contributed by atoms with Crippen molar-refractivity contribution in [3.8, 4) is 0 Å². The topological polar surface area (TPSA) is 108 Å². The molecule has 0 saturated heterocycles. The van der Waals surface area contributed by atoms with Crippen LogP contribution in [0.1, 0.15) is 18.9 Å². The normalized spacial score (nSPS) is 11.3. The minimum atomic E-state index is -0.352. The summed E-state index contributed by atoms with van der Waals surface area (Å²) in [5.41, 5.74) is 0.181. The number of anilines is 1. The van der Waals surface area contributed by atoms with E-state index in [1.54, 1.807) is 7.05 Å². The van der Waals surface area contributed by atoms with Crippen LogP contribution in [-0.4, -0.2) is 35.4 Å². The number of nitrogens with zero attached hydrogens (tertiary/aromatic N) is 6. The first-order chi connectivity index (χ1) is 11.4. The first-order valence-corrected chi connectivity index (χ1v) is 8.25. The van der Waals surface area contributed by atoms with Crippen LogP contribution in [0.25, 0.3) is 11.0 Å². The van der Waals surface area contributed by atoms with Crippen LogP contribution in [0, 0.1) is 5.92 Å². The lowest BCUT2D eigenvalue weighted by atomic mass is 10.1. The predicted octanol–water partition coefficient (Wildman–Crippen LogP) is 0.819. The standard InChI is InChI=1S/C14H17N7O2S/c1-8(2)4-11-18-19-14(24-11)17-10(22)6-21-7-15-12-9(13(21)23)5-16-20(12)3/h5,7-8H,4,6H2,1-3H3,(H,17,19,22). The maximum Gasteiger partial charge on any atom is 0.264 e. The summed E-state index contributed by atoms with van der Waals surface area (Å²) in [5.74, 6) is 0.117. The van der Waals surface area contributed by atoms with Crippen LogP contribution in [0.2, 0.25) is 0 Å². The molecule has 1 amide bonds. The minimum Gasteiger partial charge on any atom is -0.299 e. The maximum absolute atomic E-state index is 12.3. The lowest BCUT2D eigenvalue weighted by Crippen LogP contribution is -2.27. The van der Waals surface area contributed by atoms with Gasteiger partial charge in [-0.3, -0.25) is 24.2 Å². The number of hydrogen-bond acceptors (Lipinski definition) is 7. The van der Waals surface area contributed by atoms with E-state index in [0.717, 1.165) is 11.4 Å². The third-order valence-corrected chi connectivity index (χ3v) is 4.19. The van der Waals surface area contributed by atoms with Crippen LogP contribution >= 0.6 is 11.3 Å². The largest absolute Gasteiger partial charge is 0.299 e. The van der Waals surface area contributed by atoms with E-state index < -0.39 is 0 Å². The Morgan fingerprint density at radius 1 is 1.38 bits per heavy atom. The van der Waals surface area contributed by atoms with E-state index in [1.807, 2.05) is 0 Å². The molecule has 0 unspecified atom stereocenters. The predicted molar refractivity (Wildman–Crippen MR) is 89.8 cm³/mol. The molecule has 0 atom stereocenters. The summed E-state index contributed by atoms with van der Waals surface area (Å²) < 4.78 is 2.76. The number of aryl methyl sites for hydroxylation is 1. The van der Waals surface area contributed by atoms with Gasteiger partial charge in [-0.1, -0.05) is 25.2 Å². The zero-order chi connectivity index (χ0) is 17.3. The van der Waals surface area contributed by atoms with E-state index in [-0.39, 0.29) is 18.0 Å². The SMILES string of the molecule is CC(C)Cc1nnc(NC(=O)Cn2cnc3c(cnn3C)c2=O)s1. The second-order valence-corrected chi connectivity index (χ2v) is 6.89. The fraction of sp³-hybridized carbons (Fsp3) is 0.429. The molecule has 3 aromatic rings. The number of rotatable bonds is 5. The molecule has 0 spiro atoms. The van der Waals surface area contributed by atoms with Crippen molar-refractivity contribution in [2.45, 2.75) is 26.8 Å². The third-order valence-electron chi connectivity index (χ3n) is 3.33. The number of hydrogen-bond donors (Lipinski definition) is 1. The van der Waals surface area contributed by atoms with Crippen molar-refractivity contribution < 1.29 is 4.79 Å². The van der Waals surface area contributed by atoms with Gasteiger partial charge < -0.3 is 0 Å². The van der Waals surface area contributed by atoms with Crippen molar-refractivity contribution >= 4 is 33.4 Å². The van der Waals surface area contributed by atoms with Gasteiger partial charge in [0.15, 0.2) is 5.65 Å². The summed E-state index contributed by atoms with van der Waals surface area (Å²) in [6.07, 6.45) is 3.60. The van der Waals surface area contributed by atoms with Crippen LogP contribution < -0.4 is 10.9 Å². The summed E-state index contributed by atoms with van der Waals surface area (Å²) in [5, 5.41) is 16.3. The lowest BCUT2D eigenvalue weighted by molar-refractivity contribution is -0.116. The Labute approximate surface area is 141 Å². The Kier molecular flexibility index (Phi) is 4.38. The van der Waals surface area contributed by atoms with Gasteiger partial charge in [0.25, 0.3) is 5.56 Å². The highest BCUT2D eigenvalue weighted by molar-refractivity contribution is 7.15. The second kappa shape index (κ2) is 6.48. The van der Waals surface area contributed by atoms with Gasteiger partial charge in [0.2, 0.25) is 11.0 Å². The number of nitrogens with one attached hydrogen (secondary N) is 1. The first-order valence-electron chi connectivity index (χ1n) is 7.43. The highest BCUT2D eigenvalue weighted by Gasteiger charge is 2.13. The maximum atomic E-state index is 12.3. The number of fused-ring (bicyclic) bond motifs is 1. The molecule has 24 heavy (non-hydrogen) atoms. The van der Waals surface area contributed by atoms with Crippen LogP contribution in [0.5, 0.6) is 0 Å². The monoisotopic (exact) mass is 347 g/mol. The number of carbonyl (C=O) groups excluding carboxylic acids is 1. The molecule has 3 heterocycles. The summed E-state index contributed by atoms with van der Waals surface area (Å²) in [6.45, 7) is 4.04. The van der Waals surface area contributed by atoms with Gasteiger partial charge in [0, 0.05) is 13.5 Å². The Balaban J connectivity index is 1.72. The molecule has 0 radical (unpaired) electrons.